The van der Waals surface area contributed by atoms with Crippen molar-refractivity contribution in [3.05, 3.63) is 23.8 Å². The summed E-state index contributed by atoms with van der Waals surface area (Å²) in [6.45, 7) is 3.42. The Labute approximate surface area is 114 Å². The molecule has 0 amide bonds. The molecular formula is C13H20N2O3S. The van der Waals surface area contributed by atoms with E-state index in [2.05, 4.69) is 10.0 Å². The van der Waals surface area contributed by atoms with Crippen LogP contribution in [0.1, 0.15) is 18.4 Å². The molecule has 1 aromatic carbocycles. The third-order valence-electron chi connectivity index (χ3n) is 3.29. The average molecular weight is 284 g/mol. The van der Waals surface area contributed by atoms with Crippen LogP contribution >= 0.6 is 0 Å². The van der Waals surface area contributed by atoms with Gasteiger partial charge in [0.1, 0.15) is 5.75 Å². The second kappa shape index (κ2) is 5.90. The van der Waals surface area contributed by atoms with Crippen LogP contribution in [0.4, 0.5) is 0 Å². The first kappa shape index (κ1) is 14.3. The number of rotatable bonds is 4. The van der Waals surface area contributed by atoms with Gasteiger partial charge < -0.3 is 10.1 Å². The van der Waals surface area contributed by atoms with Gasteiger partial charge in [0.2, 0.25) is 10.0 Å². The highest BCUT2D eigenvalue weighted by molar-refractivity contribution is 7.89. The van der Waals surface area contributed by atoms with Gasteiger partial charge in [-0.1, -0.05) is 0 Å². The molecule has 1 unspecified atom stereocenters. The van der Waals surface area contributed by atoms with Gasteiger partial charge in [0.05, 0.1) is 12.0 Å². The fourth-order valence-electron chi connectivity index (χ4n) is 2.29. The lowest BCUT2D eigenvalue weighted by atomic mass is 10.1. The van der Waals surface area contributed by atoms with E-state index >= 15 is 0 Å². The monoisotopic (exact) mass is 284 g/mol. The number of benzene rings is 1. The Hall–Kier alpha value is -1.11. The molecule has 2 N–H and O–H groups in total. The van der Waals surface area contributed by atoms with Gasteiger partial charge in [-0.3, -0.25) is 0 Å². The average Bonchev–Trinajstić information content (AvgIpc) is 2.38. The fourth-order valence-corrected chi connectivity index (χ4v) is 3.78. The third kappa shape index (κ3) is 3.46. The Bertz CT molecular complexity index is 537. The molecule has 1 heterocycles. The van der Waals surface area contributed by atoms with Crippen LogP contribution < -0.4 is 14.8 Å². The molecule has 0 radical (unpaired) electrons. The summed E-state index contributed by atoms with van der Waals surface area (Å²) in [6, 6.07) is 4.96. The lowest BCUT2D eigenvalue weighted by molar-refractivity contribution is 0.414. The van der Waals surface area contributed by atoms with E-state index < -0.39 is 10.0 Å². The van der Waals surface area contributed by atoms with Gasteiger partial charge in [0, 0.05) is 12.6 Å². The Kier molecular flexibility index (Phi) is 4.44. The van der Waals surface area contributed by atoms with Crippen molar-refractivity contribution in [1.29, 1.82) is 0 Å². The van der Waals surface area contributed by atoms with Gasteiger partial charge in [-0.2, -0.15) is 0 Å². The van der Waals surface area contributed by atoms with E-state index in [1.807, 2.05) is 0 Å². The standard InChI is InChI=1S/C13H20N2O3S/c1-10-8-12(18-2)5-6-13(10)19(16,17)15-11-4-3-7-14-9-11/h5-6,8,11,14-15H,3-4,7,9H2,1-2H3. The van der Waals surface area contributed by atoms with E-state index in [1.54, 1.807) is 32.2 Å². The first-order valence-corrected chi connectivity index (χ1v) is 7.89. The van der Waals surface area contributed by atoms with Crippen LogP contribution in [-0.2, 0) is 10.0 Å². The number of nitrogens with one attached hydrogen (secondary N) is 2. The minimum atomic E-state index is -3.46. The van der Waals surface area contributed by atoms with Gasteiger partial charge in [-0.15, -0.1) is 0 Å². The molecule has 106 valence electrons. The molecule has 19 heavy (non-hydrogen) atoms. The normalized spacial score (nSPS) is 20.2. The fraction of sp³-hybridized carbons (Fsp3) is 0.538. The highest BCUT2D eigenvalue weighted by atomic mass is 32.2. The van der Waals surface area contributed by atoms with Crippen molar-refractivity contribution in [3.63, 3.8) is 0 Å². The lowest BCUT2D eigenvalue weighted by Crippen LogP contribution is -2.45. The maximum absolute atomic E-state index is 12.3. The van der Waals surface area contributed by atoms with Gasteiger partial charge in [0.15, 0.2) is 0 Å². The Morgan fingerprint density at radius 2 is 2.21 bits per heavy atom. The van der Waals surface area contributed by atoms with Crippen molar-refractivity contribution in [2.24, 2.45) is 0 Å². The van der Waals surface area contributed by atoms with E-state index in [4.69, 9.17) is 4.74 Å². The number of hydrogen-bond donors (Lipinski definition) is 2. The van der Waals surface area contributed by atoms with E-state index in [1.165, 1.54) is 0 Å². The summed E-state index contributed by atoms with van der Waals surface area (Å²) >= 11 is 0. The molecule has 1 aromatic rings. The van der Waals surface area contributed by atoms with Crippen molar-refractivity contribution in [2.75, 3.05) is 20.2 Å². The highest BCUT2D eigenvalue weighted by Crippen LogP contribution is 2.21. The molecule has 1 atom stereocenters. The summed E-state index contributed by atoms with van der Waals surface area (Å²) in [7, 11) is -1.90. The molecule has 0 aliphatic carbocycles. The number of methoxy groups -OCH3 is 1. The minimum Gasteiger partial charge on any atom is -0.497 e. The van der Waals surface area contributed by atoms with Crippen molar-refractivity contribution >= 4 is 10.0 Å². The Morgan fingerprint density at radius 3 is 2.79 bits per heavy atom. The maximum atomic E-state index is 12.3. The Balaban J connectivity index is 2.18. The number of ether oxygens (including phenoxy) is 1. The topological polar surface area (TPSA) is 67.4 Å². The predicted octanol–water partition coefficient (Wildman–Crippen LogP) is 1.03. The Morgan fingerprint density at radius 1 is 1.42 bits per heavy atom. The molecular weight excluding hydrogens is 264 g/mol. The van der Waals surface area contributed by atoms with Crippen molar-refractivity contribution < 1.29 is 13.2 Å². The quantitative estimate of drug-likeness (QED) is 0.867. The van der Waals surface area contributed by atoms with Gasteiger partial charge in [-0.25, -0.2) is 13.1 Å². The zero-order chi connectivity index (χ0) is 13.9. The molecule has 2 rings (SSSR count). The SMILES string of the molecule is COc1ccc(S(=O)(=O)NC2CCCNC2)c(C)c1. The largest absolute Gasteiger partial charge is 0.497 e. The van der Waals surface area contributed by atoms with E-state index in [-0.39, 0.29) is 6.04 Å². The molecule has 0 bridgehead atoms. The first-order valence-electron chi connectivity index (χ1n) is 6.40. The summed E-state index contributed by atoms with van der Waals surface area (Å²) in [5.41, 5.74) is 0.690. The number of sulfonamides is 1. The molecule has 1 saturated heterocycles. The van der Waals surface area contributed by atoms with Crippen molar-refractivity contribution in [1.82, 2.24) is 10.0 Å². The molecule has 0 aromatic heterocycles. The molecule has 1 aliphatic heterocycles. The molecule has 0 saturated carbocycles. The second-order valence-corrected chi connectivity index (χ2v) is 6.48. The summed E-state index contributed by atoms with van der Waals surface area (Å²) in [5, 5.41) is 3.19. The summed E-state index contributed by atoms with van der Waals surface area (Å²) in [5.74, 6) is 0.663. The molecule has 1 aliphatic rings. The zero-order valence-corrected chi connectivity index (χ0v) is 12.1. The van der Waals surface area contributed by atoms with Gasteiger partial charge in [0.25, 0.3) is 0 Å². The van der Waals surface area contributed by atoms with E-state index in [0.717, 1.165) is 19.4 Å². The molecule has 1 fully saturated rings. The first-order chi connectivity index (χ1) is 9.03. The predicted molar refractivity (Wildman–Crippen MR) is 73.9 cm³/mol. The minimum absolute atomic E-state index is 0.0275. The van der Waals surface area contributed by atoms with Crippen LogP contribution in [0.5, 0.6) is 5.75 Å². The lowest BCUT2D eigenvalue weighted by Gasteiger charge is -2.24. The maximum Gasteiger partial charge on any atom is 0.241 e. The van der Waals surface area contributed by atoms with Crippen LogP contribution in [0, 0.1) is 6.92 Å². The molecule has 6 heteroatoms. The number of hydrogen-bond acceptors (Lipinski definition) is 4. The second-order valence-electron chi connectivity index (χ2n) is 4.80. The molecule has 0 spiro atoms. The van der Waals surface area contributed by atoms with Crippen molar-refractivity contribution in [3.8, 4) is 5.75 Å². The van der Waals surface area contributed by atoms with E-state index in [0.29, 0.717) is 22.8 Å². The van der Waals surface area contributed by atoms with Crippen molar-refractivity contribution in [2.45, 2.75) is 30.7 Å². The molecule has 5 nitrogen and oxygen atoms in total. The number of aryl methyl sites for hydroxylation is 1. The van der Waals surface area contributed by atoms with Crippen LogP contribution in [0.15, 0.2) is 23.1 Å². The highest BCUT2D eigenvalue weighted by Gasteiger charge is 2.23. The van der Waals surface area contributed by atoms with Crippen LogP contribution in [0.3, 0.4) is 0 Å². The summed E-state index contributed by atoms with van der Waals surface area (Å²) in [4.78, 5) is 0.318. The summed E-state index contributed by atoms with van der Waals surface area (Å²) < 4.78 is 32.5. The smallest absolute Gasteiger partial charge is 0.241 e. The van der Waals surface area contributed by atoms with Gasteiger partial charge in [-0.05, 0) is 50.1 Å². The summed E-state index contributed by atoms with van der Waals surface area (Å²) in [6.07, 6.45) is 1.87. The van der Waals surface area contributed by atoms with Crippen LogP contribution in [-0.4, -0.2) is 34.7 Å². The van der Waals surface area contributed by atoms with Gasteiger partial charge >= 0.3 is 0 Å². The third-order valence-corrected chi connectivity index (χ3v) is 4.97. The van der Waals surface area contributed by atoms with E-state index in [9.17, 15) is 8.42 Å². The zero-order valence-electron chi connectivity index (χ0n) is 11.3. The number of piperidine rings is 1. The van der Waals surface area contributed by atoms with Crippen LogP contribution in [0.25, 0.3) is 0 Å². The van der Waals surface area contributed by atoms with Crippen LogP contribution in [0.2, 0.25) is 0 Å².